The molecule has 0 aliphatic heterocycles. The second kappa shape index (κ2) is 10.9. The van der Waals surface area contributed by atoms with Crippen molar-refractivity contribution in [2.75, 3.05) is 13.2 Å². The summed E-state index contributed by atoms with van der Waals surface area (Å²) < 4.78 is 19.6. The molecular weight excluding hydrogens is 382 g/mol. The van der Waals surface area contributed by atoms with Gasteiger partial charge in [-0.15, -0.1) is 10.9 Å². The van der Waals surface area contributed by atoms with Crippen LogP contribution in [0.4, 0.5) is 0 Å². The topological polar surface area (TPSA) is 52.6 Å². The summed E-state index contributed by atoms with van der Waals surface area (Å²) in [5, 5.41) is 0.671. The van der Waals surface area contributed by atoms with E-state index in [9.17, 15) is 9.35 Å². The SMILES string of the molecule is C=CC[C@H](Cc1ccc(Cl)cc1)N(CC(=C)C(=O)OCC)[S+]([O-])C(C)(C)C. The summed E-state index contributed by atoms with van der Waals surface area (Å²) in [6.07, 6.45) is 3.09. The summed E-state index contributed by atoms with van der Waals surface area (Å²) >= 11 is 4.64. The quantitative estimate of drug-likeness (QED) is 0.242. The highest BCUT2D eigenvalue weighted by Crippen LogP contribution is 2.27. The number of ether oxygens (including phenoxy) is 1. The first kappa shape index (κ1) is 23.8. The molecule has 0 spiro atoms. The maximum Gasteiger partial charge on any atom is 0.334 e. The highest BCUT2D eigenvalue weighted by atomic mass is 35.5. The van der Waals surface area contributed by atoms with Gasteiger partial charge in [-0.05, 0) is 58.2 Å². The van der Waals surface area contributed by atoms with Gasteiger partial charge in [-0.25, -0.2) is 4.79 Å². The van der Waals surface area contributed by atoms with E-state index in [0.717, 1.165) is 5.56 Å². The number of benzene rings is 1. The summed E-state index contributed by atoms with van der Waals surface area (Å²) in [5.41, 5.74) is 1.36. The molecule has 0 saturated heterocycles. The van der Waals surface area contributed by atoms with Crippen LogP contribution in [-0.2, 0) is 27.3 Å². The van der Waals surface area contributed by atoms with E-state index < -0.39 is 22.1 Å². The van der Waals surface area contributed by atoms with Gasteiger partial charge >= 0.3 is 5.97 Å². The molecule has 0 heterocycles. The fourth-order valence-corrected chi connectivity index (χ4v) is 4.08. The Labute approximate surface area is 171 Å². The standard InChI is InChI=1S/C21H30ClNO3S/c1-7-9-19(14-17-10-12-18(22)13-11-17)23(27(25)21(4,5)6)15-16(3)20(24)26-8-2/h7,10-13,19H,1,3,8-9,14-15H2,2,4-6H3/t19-,27?/m1/s1. The number of carbonyl (C=O) groups excluding carboxylic acids is 1. The van der Waals surface area contributed by atoms with Gasteiger partial charge in [-0.3, -0.25) is 0 Å². The van der Waals surface area contributed by atoms with E-state index in [0.29, 0.717) is 23.4 Å². The van der Waals surface area contributed by atoms with Crippen molar-refractivity contribution in [2.24, 2.45) is 0 Å². The number of hydrogen-bond donors (Lipinski definition) is 0. The minimum atomic E-state index is -1.33. The second-order valence-corrected chi connectivity index (χ2v) is 9.90. The lowest BCUT2D eigenvalue weighted by Gasteiger charge is -2.37. The molecule has 2 atom stereocenters. The summed E-state index contributed by atoms with van der Waals surface area (Å²) in [7, 11) is 0. The van der Waals surface area contributed by atoms with E-state index >= 15 is 0 Å². The van der Waals surface area contributed by atoms with Crippen molar-refractivity contribution in [3.63, 3.8) is 0 Å². The van der Waals surface area contributed by atoms with Gasteiger partial charge in [-0.1, -0.05) is 36.4 Å². The van der Waals surface area contributed by atoms with E-state index in [-0.39, 0.29) is 19.2 Å². The Morgan fingerprint density at radius 1 is 1.37 bits per heavy atom. The lowest BCUT2D eigenvalue weighted by Crippen LogP contribution is -2.50. The molecule has 1 aromatic rings. The van der Waals surface area contributed by atoms with Gasteiger partial charge in [0.25, 0.3) is 0 Å². The molecule has 27 heavy (non-hydrogen) atoms. The lowest BCUT2D eigenvalue weighted by molar-refractivity contribution is -0.138. The molecule has 0 aromatic heterocycles. The summed E-state index contributed by atoms with van der Waals surface area (Å²) in [4.78, 5) is 12.0. The predicted octanol–water partition coefficient (Wildman–Crippen LogP) is 4.71. The first-order valence-corrected chi connectivity index (χ1v) is 10.5. The minimum absolute atomic E-state index is 0.102. The fraction of sp³-hybridized carbons (Fsp3) is 0.476. The third kappa shape index (κ3) is 7.70. The minimum Gasteiger partial charge on any atom is -0.597 e. The fourth-order valence-electron chi connectivity index (χ4n) is 2.55. The van der Waals surface area contributed by atoms with Crippen LogP contribution >= 0.6 is 11.6 Å². The first-order chi connectivity index (χ1) is 12.6. The summed E-state index contributed by atoms with van der Waals surface area (Å²) in [6.45, 7) is 15.6. The van der Waals surface area contributed by atoms with Gasteiger partial charge in [0.1, 0.15) is 4.75 Å². The monoisotopic (exact) mass is 411 g/mol. The maximum absolute atomic E-state index is 13.2. The molecule has 0 N–H and O–H groups in total. The van der Waals surface area contributed by atoms with Crippen LogP contribution in [0.15, 0.2) is 49.1 Å². The van der Waals surface area contributed by atoms with E-state index in [1.165, 1.54) is 0 Å². The molecule has 0 aliphatic carbocycles. The number of nitrogens with zero attached hydrogens (tertiary/aromatic N) is 1. The zero-order chi connectivity index (χ0) is 20.6. The molecule has 4 nitrogen and oxygen atoms in total. The molecule has 0 bridgehead atoms. The molecule has 1 unspecified atom stereocenters. The second-order valence-electron chi connectivity index (χ2n) is 7.27. The highest BCUT2D eigenvalue weighted by molar-refractivity contribution is 7.90. The molecule has 0 saturated carbocycles. The Morgan fingerprint density at radius 3 is 2.44 bits per heavy atom. The predicted molar refractivity (Wildman–Crippen MR) is 114 cm³/mol. The van der Waals surface area contributed by atoms with Gasteiger partial charge in [-0.2, -0.15) is 0 Å². The van der Waals surface area contributed by atoms with Crippen molar-refractivity contribution in [3.8, 4) is 0 Å². The average Bonchev–Trinajstić information content (AvgIpc) is 2.59. The van der Waals surface area contributed by atoms with Crippen LogP contribution < -0.4 is 0 Å². The van der Waals surface area contributed by atoms with Crippen molar-refractivity contribution in [1.82, 2.24) is 4.31 Å². The van der Waals surface area contributed by atoms with E-state index in [2.05, 4.69) is 13.2 Å². The van der Waals surface area contributed by atoms with Crippen molar-refractivity contribution >= 4 is 28.9 Å². The van der Waals surface area contributed by atoms with Crippen molar-refractivity contribution in [2.45, 2.75) is 51.3 Å². The maximum atomic E-state index is 13.2. The van der Waals surface area contributed by atoms with E-state index in [1.807, 2.05) is 49.3 Å². The first-order valence-electron chi connectivity index (χ1n) is 8.99. The van der Waals surface area contributed by atoms with Gasteiger partial charge in [0.2, 0.25) is 0 Å². The highest BCUT2D eigenvalue weighted by Gasteiger charge is 2.38. The van der Waals surface area contributed by atoms with Crippen LogP contribution in [-0.4, -0.2) is 38.8 Å². The van der Waals surface area contributed by atoms with Gasteiger partial charge in [0.15, 0.2) is 0 Å². The van der Waals surface area contributed by atoms with Crippen LogP contribution in [0.1, 0.15) is 39.7 Å². The number of hydrogen-bond acceptors (Lipinski definition) is 4. The van der Waals surface area contributed by atoms with Gasteiger partial charge < -0.3 is 9.29 Å². The van der Waals surface area contributed by atoms with Gasteiger partial charge in [0, 0.05) is 22.0 Å². The van der Waals surface area contributed by atoms with Crippen LogP contribution in [0.25, 0.3) is 0 Å². The number of rotatable bonds is 10. The van der Waals surface area contributed by atoms with Crippen molar-refractivity contribution in [3.05, 3.63) is 59.7 Å². The largest absolute Gasteiger partial charge is 0.597 e. The summed E-state index contributed by atoms with van der Waals surface area (Å²) in [6, 6.07) is 7.48. The zero-order valence-corrected chi connectivity index (χ0v) is 18.2. The third-order valence-electron chi connectivity index (χ3n) is 3.88. The summed E-state index contributed by atoms with van der Waals surface area (Å²) in [5.74, 6) is -0.461. The van der Waals surface area contributed by atoms with Crippen LogP contribution in [0.2, 0.25) is 5.02 Å². The molecular formula is C21H30ClNO3S. The molecule has 0 fully saturated rings. The molecule has 6 heteroatoms. The smallest absolute Gasteiger partial charge is 0.334 e. The molecule has 0 amide bonds. The average molecular weight is 412 g/mol. The normalized spacial score (nSPS) is 13.9. The molecule has 1 rings (SSSR count). The number of esters is 1. The molecule has 0 aliphatic rings. The van der Waals surface area contributed by atoms with E-state index in [1.54, 1.807) is 13.0 Å². The van der Waals surface area contributed by atoms with Crippen LogP contribution in [0.5, 0.6) is 0 Å². The number of carbonyl (C=O) groups is 1. The Kier molecular flexibility index (Phi) is 9.60. The van der Waals surface area contributed by atoms with Crippen molar-refractivity contribution < 1.29 is 14.1 Å². The van der Waals surface area contributed by atoms with Crippen LogP contribution in [0.3, 0.4) is 0 Å². The van der Waals surface area contributed by atoms with E-state index in [4.69, 9.17) is 16.3 Å². The third-order valence-corrected chi connectivity index (χ3v) is 6.03. The lowest BCUT2D eigenvalue weighted by atomic mass is 10.0. The molecule has 1 aromatic carbocycles. The zero-order valence-electron chi connectivity index (χ0n) is 16.7. The Hall–Kier alpha value is -1.27. The molecule has 150 valence electrons. The molecule has 0 radical (unpaired) electrons. The van der Waals surface area contributed by atoms with Crippen molar-refractivity contribution in [1.29, 1.82) is 0 Å². The van der Waals surface area contributed by atoms with Crippen LogP contribution in [0, 0.1) is 0 Å². The van der Waals surface area contributed by atoms with Gasteiger partial charge in [0.05, 0.1) is 19.2 Å². The Morgan fingerprint density at radius 2 is 1.96 bits per heavy atom. The Bertz CT molecular complexity index is 640. The Balaban J connectivity index is 3.13. The number of halogens is 1.